The number of pyridine rings is 1. The second-order valence-electron chi connectivity index (χ2n) is 7.61. The van der Waals surface area contributed by atoms with Crippen LogP contribution in [0.1, 0.15) is 5.56 Å². The molecular weight excluding hydrogens is 523 g/mol. The maximum atomic E-state index is 10.6. The van der Waals surface area contributed by atoms with Crippen LogP contribution in [-0.2, 0) is 17.8 Å². The van der Waals surface area contributed by atoms with Crippen LogP contribution in [0.2, 0.25) is 0 Å². The standard InChI is InChI=1S/C25H20BrNO.C2HF3O2/c26-25-12-11-24(28)16-21(25)13-14-27-17-22(19-7-3-1-4-8-19)15-23(18-27)20-9-5-2-6-10-20;3-2(4,5)1(6)7/h1-12,15-18H,13-14H2;(H,6,7)/p+1. The van der Waals surface area contributed by atoms with Gasteiger partial charge in [0.15, 0.2) is 18.9 Å². The van der Waals surface area contributed by atoms with Gasteiger partial charge in [-0.25, -0.2) is 9.36 Å². The molecule has 1 aromatic heterocycles. The fourth-order valence-electron chi connectivity index (χ4n) is 3.34. The van der Waals surface area contributed by atoms with Crippen molar-refractivity contribution >= 4 is 21.9 Å². The van der Waals surface area contributed by atoms with Crippen molar-refractivity contribution in [2.24, 2.45) is 0 Å². The lowest BCUT2D eigenvalue weighted by Crippen LogP contribution is -2.34. The summed E-state index contributed by atoms with van der Waals surface area (Å²) in [4.78, 5) is 8.90. The largest absolute Gasteiger partial charge is 0.508 e. The third-order valence-electron chi connectivity index (χ3n) is 5.05. The van der Waals surface area contributed by atoms with E-state index in [-0.39, 0.29) is 0 Å². The Hall–Kier alpha value is -3.65. The number of phenols is 1. The van der Waals surface area contributed by atoms with Crippen molar-refractivity contribution in [3.8, 4) is 28.0 Å². The molecular formula is C27H22BrF3NO3+. The number of hydrogen-bond acceptors (Lipinski definition) is 2. The average molecular weight is 545 g/mol. The molecule has 4 rings (SSSR count). The lowest BCUT2D eigenvalue weighted by Gasteiger charge is -2.08. The molecule has 0 atom stereocenters. The second kappa shape index (κ2) is 11.7. The van der Waals surface area contributed by atoms with Crippen LogP contribution in [0.15, 0.2) is 102 Å². The molecule has 4 nitrogen and oxygen atoms in total. The Bertz CT molecular complexity index is 1220. The zero-order valence-corrected chi connectivity index (χ0v) is 20.0. The molecule has 1 heterocycles. The molecule has 0 saturated carbocycles. The maximum absolute atomic E-state index is 10.6. The molecule has 0 aliphatic heterocycles. The molecule has 0 aliphatic carbocycles. The number of rotatable bonds is 5. The van der Waals surface area contributed by atoms with Gasteiger partial charge < -0.3 is 10.2 Å². The van der Waals surface area contributed by atoms with Gasteiger partial charge in [0.05, 0.1) is 0 Å². The first-order valence-corrected chi connectivity index (χ1v) is 11.4. The van der Waals surface area contributed by atoms with Crippen LogP contribution >= 0.6 is 15.9 Å². The van der Waals surface area contributed by atoms with Gasteiger partial charge in [0, 0.05) is 22.0 Å². The number of aryl methyl sites for hydroxylation is 2. The third kappa shape index (κ3) is 7.68. The number of aromatic nitrogens is 1. The molecule has 35 heavy (non-hydrogen) atoms. The fourth-order valence-corrected chi connectivity index (χ4v) is 3.79. The predicted octanol–water partition coefficient (Wildman–Crippen LogP) is 6.65. The fraction of sp³-hybridized carbons (Fsp3) is 0.111. The number of alkyl halides is 3. The zero-order chi connectivity index (χ0) is 25.4. The van der Waals surface area contributed by atoms with Crippen molar-refractivity contribution in [3.63, 3.8) is 0 Å². The molecule has 4 aromatic rings. The summed E-state index contributed by atoms with van der Waals surface area (Å²) < 4.78 is 35.0. The summed E-state index contributed by atoms with van der Waals surface area (Å²) in [6.45, 7) is 0.822. The normalized spacial score (nSPS) is 10.9. The molecule has 0 aliphatic rings. The van der Waals surface area contributed by atoms with Gasteiger partial charge in [-0.3, -0.25) is 0 Å². The molecule has 0 fully saturated rings. The van der Waals surface area contributed by atoms with Gasteiger partial charge in [-0.15, -0.1) is 0 Å². The molecule has 0 spiro atoms. The van der Waals surface area contributed by atoms with Crippen LogP contribution in [0.4, 0.5) is 13.2 Å². The second-order valence-corrected chi connectivity index (χ2v) is 8.47. The smallest absolute Gasteiger partial charge is 0.490 e. The number of halogens is 4. The lowest BCUT2D eigenvalue weighted by molar-refractivity contribution is -0.695. The summed E-state index contributed by atoms with van der Waals surface area (Å²) in [6, 6.07) is 28.6. The van der Waals surface area contributed by atoms with E-state index in [0.717, 1.165) is 23.0 Å². The monoisotopic (exact) mass is 544 g/mol. The average Bonchev–Trinajstić information content (AvgIpc) is 2.85. The van der Waals surface area contributed by atoms with Gasteiger partial charge in [0.2, 0.25) is 0 Å². The summed E-state index contributed by atoms with van der Waals surface area (Å²) in [5, 5.41) is 16.9. The number of carboxylic acids is 1. The highest BCUT2D eigenvalue weighted by molar-refractivity contribution is 9.10. The molecule has 0 saturated heterocycles. The van der Waals surface area contributed by atoms with Crippen molar-refractivity contribution in [2.45, 2.75) is 19.1 Å². The highest BCUT2D eigenvalue weighted by Gasteiger charge is 2.38. The number of aromatic hydroxyl groups is 1. The first-order chi connectivity index (χ1) is 16.6. The summed E-state index contributed by atoms with van der Waals surface area (Å²) in [5.74, 6) is -2.46. The van der Waals surface area contributed by atoms with Crippen LogP contribution < -0.4 is 4.57 Å². The van der Waals surface area contributed by atoms with Crippen LogP contribution in [0.5, 0.6) is 5.75 Å². The summed E-state index contributed by atoms with van der Waals surface area (Å²) in [6.07, 6.45) is 0.128. The maximum Gasteiger partial charge on any atom is 0.490 e. The van der Waals surface area contributed by atoms with Crippen molar-refractivity contribution in [3.05, 3.63) is 107 Å². The highest BCUT2D eigenvalue weighted by atomic mass is 79.9. The number of carboxylic acid groups (broad SMARTS) is 1. The van der Waals surface area contributed by atoms with E-state index in [9.17, 15) is 18.3 Å². The van der Waals surface area contributed by atoms with E-state index >= 15 is 0 Å². The Morgan fingerprint density at radius 2 is 1.29 bits per heavy atom. The van der Waals surface area contributed by atoms with E-state index in [1.165, 1.54) is 22.3 Å². The number of nitrogens with zero attached hydrogens (tertiary/aromatic N) is 1. The van der Waals surface area contributed by atoms with Crippen LogP contribution in [0.25, 0.3) is 22.3 Å². The van der Waals surface area contributed by atoms with E-state index < -0.39 is 12.1 Å². The van der Waals surface area contributed by atoms with Crippen molar-refractivity contribution < 1.29 is 32.7 Å². The first kappa shape index (κ1) is 26.0. The molecule has 180 valence electrons. The highest BCUT2D eigenvalue weighted by Crippen LogP contribution is 2.25. The Balaban J connectivity index is 0.000000429. The van der Waals surface area contributed by atoms with E-state index in [0.29, 0.717) is 5.75 Å². The summed E-state index contributed by atoms with van der Waals surface area (Å²) >= 11 is 3.59. The summed E-state index contributed by atoms with van der Waals surface area (Å²) in [5.41, 5.74) is 5.88. The minimum absolute atomic E-state index is 0.297. The molecule has 8 heteroatoms. The van der Waals surface area contributed by atoms with E-state index in [2.05, 4.69) is 87.5 Å². The molecule has 0 unspecified atom stereocenters. The van der Waals surface area contributed by atoms with Crippen LogP contribution in [0, 0.1) is 0 Å². The number of aliphatic carboxylic acids is 1. The Kier molecular flexibility index (Phi) is 8.65. The van der Waals surface area contributed by atoms with E-state index in [1.807, 2.05) is 24.3 Å². The minimum atomic E-state index is -5.08. The van der Waals surface area contributed by atoms with E-state index in [1.54, 1.807) is 6.07 Å². The Labute approximate surface area is 209 Å². The van der Waals surface area contributed by atoms with Crippen LogP contribution in [-0.4, -0.2) is 22.4 Å². The van der Waals surface area contributed by atoms with Gasteiger partial charge in [-0.1, -0.05) is 76.6 Å². The van der Waals surface area contributed by atoms with E-state index in [4.69, 9.17) is 9.90 Å². The van der Waals surface area contributed by atoms with Gasteiger partial charge >= 0.3 is 12.1 Å². The number of benzene rings is 3. The summed E-state index contributed by atoms with van der Waals surface area (Å²) in [7, 11) is 0. The molecule has 0 bridgehead atoms. The molecule has 0 amide bonds. The van der Waals surface area contributed by atoms with Crippen molar-refractivity contribution in [1.82, 2.24) is 0 Å². The SMILES string of the molecule is O=C(O)C(F)(F)F.Oc1ccc(Br)c(CC[n+]2cc(-c3ccccc3)cc(-c3ccccc3)c2)c1. The zero-order valence-electron chi connectivity index (χ0n) is 18.4. The molecule has 2 N–H and O–H groups in total. The quantitative estimate of drug-likeness (QED) is 0.276. The van der Waals surface area contributed by atoms with Gasteiger partial charge in [0.25, 0.3) is 0 Å². The van der Waals surface area contributed by atoms with Crippen molar-refractivity contribution in [1.29, 1.82) is 0 Å². The third-order valence-corrected chi connectivity index (χ3v) is 5.82. The topological polar surface area (TPSA) is 61.4 Å². The molecule has 0 radical (unpaired) electrons. The molecule has 3 aromatic carbocycles. The first-order valence-electron chi connectivity index (χ1n) is 10.6. The van der Waals surface area contributed by atoms with Gasteiger partial charge in [-0.2, -0.15) is 13.2 Å². The Morgan fingerprint density at radius 1 is 0.800 bits per heavy atom. The van der Waals surface area contributed by atoms with Gasteiger partial charge in [-0.05, 0) is 41.0 Å². The lowest BCUT2D eigenvalue weighted by atomic mass is 10.0. The number of phenolic OH excluding ortho intramolecular Hbond substituents is 1. The minimum Gasteiger partial charge on any atom is -0.508 e. The van der Waals surface area contributed by atoms with Crippen LogP contribution in [0.3, 0.4) is 0 Å². The number of carbonyl (C=O) groups is 1. The predicted molar refractivity (Wildman–Crippen MR) is 131 cm³/mol. The van der Waals surface area contributed by atoms with Crippen molar-refractivity contribution in [2.75, 3.05) is 0 Å². The Morgan fingerprint density at radius 3 is 1.74 bits per heavy atom. The number of hydrogen-bond donors (Lipinski definition) is 2. The van der Waals surface area contributed by atoms with Gasteiger partial charge in [0.1, 0.15) is 5.75 Å².